The molecule has 0 saturated heterocycles. The smallest absolute Gasteiger partial charge is 0.393 e. The average Bonchev–Trinajstić information content (AvgIpc) is 2.71. The molecular formula is C22H20N2O3. The fourth-order valence-electron chi connectivity index (χ4n) is 3.36. The van der Waals surface area contributed by atoms with Gasteiger partial charge in [-0.15, -0.1) is 4.73 Å². The molecule has 27 heavy (non-hydrogen) atoms. The summed E-state index contributed by atoms with van der Waals surface area (Å²) in [6.07, 6.45) is 2.07. The van der Waals surface area contributed by atoms with E-state index in [-0.39, 0.29) is 11.8 Å². The lowest BCUT2D eigenvalue weighted by Crippen LogP contribution is -2.39. The standard InChI is InChI=1S/C22H20N2O3/c25-21-20-19(18-10-5-2-6-11-18)12-14-24(26)22(20)27-15-7-13-23(21)16-17-8-3-1-4-9-17/h1-6,8-12,14H,7,13,15-16H2. The van der Waals surface area contributed by atoms with E-state index < -0.39 is 0 Å². The Morgan fingerprint density at radius 3 is 2.44 bits per heavy atom. The van der Waals surface area contributed by atoms with Crippen molar-refractivity contribution in [2.75, 3.05) is 13.2 Å². The van der Waals surface area contributed by atoms with E-state index in [0.29, 0.717) is 42.0 Å². The normalized spacial score (nSPS) is 14.1. The number of amides is 1. The number of aromatic nitrogens is 1. The van der Waals surface area contributed by atoms with Gasteiger partial charge < -0.3 is 14.8 Å². The zero-order valence-corrected chi connectivity index (χ0v) is 14.9. The molecule has 0 spiro atoms. The third-order valence-corrected chi connectivity index (χ3v) is 4.67. The first-order valence-corrected chi connectivity index (χ1v) is 9.01. The highest BCUT2D eigenvalue weighted by Crippen LogP contribution is 2.31. The predicted octanol–water partition coefficient (Wildman–Crippen LogP) is 3.41. The Bertz CT molecular complexity index is 943. The Morgan fingerprint density at radius 1 is 1.00 bits per heavy atom. The van der Waals surface area contributed by atoms with Crippen LogP contribution in [0.2, 0.25) is 0 Å². The van der Waals surface area contributed by atoms with Crippen LogP contribution < -0.4 is 9.47 Å². The van der Waals surface area contributed by atoms with Gasteiger partial charge in [0.25, 0.3) is 5.91 Å². The molecule has 0 fully saturated rings. The Morgan fingerprint density at radius 2 is 1.70 bits per heavy atom. The van der Waals surface area contributed by atoms with E-state index in [1.54, 1.807) is 11.0 Å². The molecule has 3 aromatic rings. The van der Waals surface area contributed by atoms with Gasteiger partial charge in [0.15, 0.2) is 11.8 Å². The molecule has 5 heteroatoms. The summed E-state index contributed by atoms with van der Waals surface area (Å²) in [5.41, 5.74) is 2.98. The number of ether oxygens (including phenoxy) is 1. The molecule has 2 heterocycles. The van der Waals surface area contributed by atoms with Crippen LogP contribution in [-0.2, 0) is 6.54 Å². The van der Waals surface area contributed by atoms with Crippen LogP contribution in [-0.4, -0.2) is 24.0 Å². The Labute approximate surface area is 158 Å². The van der Waals surface area contributed by atoms with Gasteiger partial charge in [0, 0.05) is 24.7 Å². The van der Waals surface area contributed by atoms with E-state index in [2.05, 4.69) is 0 Å². The SMILES string of the molecule is O=C1c2c(-c3ccccc3)cc[n+]([O-])c2OCCCN1Cc1ccccc1. The Balaban J connectivity index is 1.80. The van der Waals surface area contributed by atoms with Crippen LogP contribution in [0.4, 0.5) is 0 Å². The van der Waals surface area contributed by atoms with Gasteiger partial charge in [-0.25, -0.2) is 0 Å². The lowest BCUT2D eigenvalue weighted by Gasteiger charge is -2.26. The summed E-state index contributed by atoms with van der Waals surface area (Å²) in [4.78, 5) is 15.2. The highest BCUT2D eigenvalue weighted by Gasteiger charge is 2.31. The maximum absolute atomic E-state index is 13.4. The summed E-state index contributed by atoms with van der Waals surface area (Å²) in [6.45, 7) is 1.47. The van der Waals surface area contributed by atoms with Crippen molar-refractivity contribution in [2.24, 2.45) is 0 Å². The summed E-state index contributed by atoms with van der Waals surface area (Å²) in [5.74, 6) is -0.100. The molecule has 0 bridgehead atoms. The average molecular weight is 360 g/mol. The first kappa shape index (κ1) is 17.1. The lowest BCUT2D eigenvalue weighted by molar-refractivity contribution is -0.613. The van der Waals surface area contributed by atoms with Crippen molar-refractivity contribution in [3.8, 4) is 17.0 Å². The van der Waals surface area contributed by atoms with Crippen LogP contribution in [0.5, 0.6) is 5.88 Å². The zero-order valence-electron chi connectivity index (χ0n) is 14.9. The van der Waals surface area contributed by atoms with Crippen LogP contribution >= 0.6 is 0 Å². The Kier molecular flexibility index (Phi) is 4.75. The number of nitrogens with zero attached hydrogens (tertiary/aromatic N) is 2. The second-order valence-corrected chi connectivity index (χ2v) is 6.52. The van der Waals surface area contributed by atoms with E-state index in [1.165, 1.54) is 6.20 Å². The first-order chi connectivity index (χ1) is 13.2. The van der Waals surface area contributed by atoms with Crippen molar-refractivity contribution >= 4 is 5.91 Å². The minimum absolute atomic E-state index is 0.0825. The van der Waals surface area contributed by atoms with Crippen molar-refractivity contribution in [1.29, 1.82) is 0 Å². The van der Waals surface area contributed by atoms with Gasteiger partial charge in [-0.2, -0.15) is 0 Å². The number of benzene rings is 2. The molecule has 1 aliphatic heterocycles. The number of carbonyl (C=O) groups excluding carboxylic acids is 1. The number of rotatable bonds is 3. The largest absolute Gasteiger partial charge is 0.616 e. The first-order valence-electron chi connectivity index (χ1n) is 9.01. The van der Waals surface area contributed by atoms with E-state index in [4.69, 9.17) is 4.74 Å². The minimum atomic E-state index is -0.183. The summed E-state index contributed by atoms with van der Waals surface area (Å²) < 4.78 is 6.34. The maximum Gasteiger partial charge on any atom is 0.393 e. The molecular weight excluding hydrogens is 340 g/mol. The third kappa shape index (κ3) is 3.49. The van der Waals surface area contributed by atoms with E-state index in [9.17, 15) is 10.0 Å². The number of hydrogen-bond donors (Lipinski definition) is 0. The molecule has 0 atom stereocenters. The zero-order chi connectivity index (χ0) is 18.6. The highest BCUT2D eigenvalue weighted by atomic mass is 16.5. The van der Waals surface area contributed by atoms with Gasteiger partial charge in [0.2, 0.25) is 0 Å². The molecule has 0 saturated carbocycles. The van der Waals surface area contributed by atoms with Crippen LogP contribution in [0.1, 0.15) is 22.3 Å². The quantitative estimate of drug-likeness (QED) is 0.531. The second kappa shape index (κ2) is 7.50. The fourth-order valence-corrected chi connectivity index (χ4v) is 3.36. The molecule has 0 radical (unpaired) electrons. The summed E-state index contributed by atoms with van der Waals surface area (Å²) in [6, 6.07) is 21.2. The maximum atomic E-state index is 13.4. The van der Waals surface area contributed by atoms with E-state index in [0.717, 1.165) is 11.1 Å². The van der Waals surface area contributed by atoms with Gasteiger partial charge in [0.05, 0.1) is 6.61 Å². The van der Waals surface area contributed by atoms with Crippen LogP contribution in [0.25, 0.3) is 11.1 Å². The van der Waals surface area contributed by atoms with Gasteiger partial charge in [-0.05, 0) is 17.5 Å². The number of carbonyl (C=O) groups is 1. The van der Waals surface area contributed by atoms with Crippen molar-refractivity contribution < 1.29 is 14.3 Å². The topological polar surface area (TPSA) is 56.5 Å². The number of hydrogen-bond acceptors (Lipinski definition) is 3. The summed E-state index contributed by atoms with van der Waals surface area (Å²) in [5, 5.41) is 12.3. The van der Waals surface area contributed by atoms with E-state index in [1.807, 2.05) is 60.7 Å². The van der Waals surface area contributed by atoms with Crippen molar-refractivity contribution in [2.45, 2.75) is 13.0 Å². The molecule has 2 aromatic carbocycles. The van der Waals surface area contributed by atoms with Crippen molar-refractivity contribution in [1.82, 2.24) is 4.90 Å². The third-order valence-electron chi connectivity index (χ3n) is 4.67. The molecule has 5 nitrogen and oxygen atoms in total. The minimum Gasteiger partial charge on any atom is -0.616 e. The molecule has 4 rings (SSSR count). The predicted molar refractivity (Wildman–Crippen MR) is 102 cm³/mol. The molecule has 0 aliphatic carbocycles. The Hall–Kier alpha value is -3.34. The van der Waals surface area contributed by atoms with Gasteiger partial charge in [-0.1, -0.05) is 60.7 Å². The van der Waals surface area contributed by atoms with Crippen molar-refractivity contribution in [3.05, 3.63) is 89.3 Å². The number of fused-ring (bicyclic) bond motifs is 1. The van der Waals surface area contributed by atoms with Crippen LogP contribution in [0.3, 0.4) is 0 Å². The lowest BCUT2D eigenvalue weighted by atomic mass is 9.99. The number of pyridine rings is 1. The second-order valence-electron chi connectivity index (χ2n) is 6.52. The highest BCUT2D eigenvalue weighted by molar-refractivity contribution is 6.02. The van der Waals surface area contributed by atoms with Crippen LogP contribution in [0.15, 0.2) is 72.9 Å². The van der Waals surface area contributed by atoms with Gasteiger partial charge in [0.1, 0.15) is 0 Å². The van der Waals surface area contributed by atoms with Gasteiger partial charge >= 0.3 is 5.88 Å². The molecule has 1 aromatic heterocycles. The monoisotopic (exact) mass is 360 g/mol. The molecule has 1 amide bonds. The molecule has 0 N–H and O–H groups in total. The van der Waals surface area contributed by atoms with Gasteiger partial charge in [-0.3, -0.25) is 4.79 Å². The molecule has 136 valence electrons. The van der Waals surface area contributed by atoms with E-state index >= 15 is 0 Å². The van der Waals surface area contributed by atoms with Crippen LogP contribution in [0, 0.1) is 5.21 Å². The molecule has 1 aliphatic rings. The van der Waals surface area contributed by atoms with Crippen molar-refractivity contribution in [3.63, 3.8) is 0 Å². The summed E-state index contributed by atoms with van der Waals surface area (Å²) in [7, 11) is 0. The summed E-state index contributed by atoms with van der Waals surface area (Å²) >= 11 is 0. The fraction of sp³-hybridized carbons (Fsp3) is 0.182. The molecule has 0 unspecified atom stereocenters.